The van der Waals surface area contributed by atoms with E-state index in [0.29, 0.717) is 40.9 Å². The van der Waals surface area contributed by atoms with Crippen LogP contribution in [0.3, 0.4) is 0 Å². The van der Waals surface area contributed by atoms with Crippen LogP contribution in [0.25, 0.3) is 22.2 Å². The van der Waals surface area contributed by atoms with E-state index in [1.54, 1.807) is 13.3 Å². The van der Waals surface area contributed by atoms with E-state index in [1.165, 1.54) is 0 Å². The van der Waals surface area contributed by atoms with Crippen LogP contribution in [0.15, 0.2) is 48.7 Å². The van der Waals surface area contributed by atoms with Crippen molar-refractivity contribution in [3.8, 4) is 17.0 Å². The Morgan fingerprint density at radius 3 is 2.64 bits per heavy atom. The van der Waals surface area contributed by atoms with Gasteiger partial charge in [-0.15, -0.1) is 0 Å². The summed E-state index contributed by atoms with van der Waals surface area (Å²) in [4.78, 5) is 13.5. The molecule has 3 N–H and O–H groups in total. The standard InChI is InChI=1S/C28H34FN7O.C2H6/c1-34(2)14-15-35(3)24-17-25(37-4)22(16-20(24)30)33-28-31-12-11-21(32-28)26-18-8-5-6-10-23(18)36-13-7-9-19(29)27(26)36;1-2/h5-6,8,10-12,16-17,19H,7,9,13-15,30H2,1-4H3,(H,31,32,33);1-2H3. The second-order valence-corrected chi connectivity index (χ2v) is 9.77. The Hall–Kier alpha value is -3.85. The molecule has 0 saturated carbocycles. The number of alkyl halides is 1. The van der Waals surface area contributed by atoms with E-state index in [0.717, 1.165) is 48.2 Å². The van der Waals surface area contributed by atoms with E-state index in [4.69, 9.17) is 15.5 Å². The summed E-state index contributed by atoms with van der Waals surface area (Å²) in [5.41, 5.74) is 11.8. The maximum absolute atomic E-state index is 15.2. The SMILES string of the molecule is CC.COc1cc(N(C)CCN(C)C)c(N)cc1Nc1nccc(-c2c3n(c4ccccc24)CCCC3F)n1. The number of nitrogens with one attached hydrogen (secondary N) is 1. The summed E-state index contributed by atoms with van der Waals surface area (Å²) in [6.45, 7) is 6.53. The highest BCUT2D eigenvalue weighted by Gasteiger charge is 2.28. The number of hydrogen-bond acceptors (Lipinski definition) is 7. The van der Waals surface area contributed by atoms with Gasteiger partial charge in [0.2, 0.25) is 5.95 Å². The molecule has 9 heteroatoms. The lowest BCUT2D eigenvalue weighted by atomic mass is 10.0. The van der Waals surface area contributed by atoms with Crippen molar-refractivity contribution in [2.24, 2.45) is 0 Å². The van der Waals surface area contributed by atoms with E-state index < -0.39 is 6.17 Å². The van der Waals surface area contributed by atoms with Gasteiger partial charge in [-0.25, -0.2) is 14.4 Å². The number of anilines is 4. The van der Waals surface area contributed by atoms with E-state index in [-0.39, 0.29) is 0 Å². The van der Waals surface area contributed by atoms with E-state index in [9.17, 15) is 0 Å². The first kappa shape index (κ1) is 28.2. The summed E-state index contributed by atoms with van der Waals surface area (Å²) in [6, 6.07) is 13.6. The van der Waals surface area contributed by atoms with Crippen molar-refractivity contribution < 1.29 is 9.13 Å². The Morgan fingerprint density at radius 1 is 1.13 bits per heavy atom. The van der Waals surface area contributed by atoms with Crippen LogP contribution >= 0.6 is 0 Å². The van der Waals surface area contributed by atoms with Crippen LogP contribution in [0.2, 0.25) is 0 Å². The molecule has 4 aromatic rings. The van der Waals surface area contributed by atoms with Crippen molar-refractivity contribution in [2.75, 3.05) is 57.3 Å². The van der Waals surface area contributed by atoms with Crippen LogP contribution in [0, 0.1) is 0 Å². The zero-order valence-corrected chi connectivity index (χ0v) is 23.8. The summed E-state index contributed by atoms with van der Waals surface area (Å²) in [7, 11) is 7.72. The molecular weight excluding hydrogens is 493 g/mol. The lowest BCUT2D eigenvalue weighted by molar-refractivity contribution is 0.272. The molecule has 0 saturated heterocycles. The van der Waals surface area contributed by atoms with Crippen LogP contribution in [-0.4, -0.2) is 60.8 Å². The first-order valence-corrected chi connectivity index (χ1v) is 13.6. The summed E-state index contributed by atoms with van der Waals surface area (Å²) in [6.07, 6.45) is 2.01. The molecule has 0 aliphatic carbocycles. The summed E-state index contributed by atoms with van der Waals surface area (Å²) in [5.74, 6) is 1.02. The van der Waals surface area contributed by atoms with Gasteiger partial charge in [0, 0.05) is 55.4 Å². The number of methoxy groups -OCH3 is 1. The van der Waals surface area contributed by atoms with Crippen LogP contribution in [0.1, 0.15) is 38.6 Å². The third-order valence-electron chi connectivity index (χ3n) is 6.95. The third kappa shape index (κ3) is 5.78. The Morgan fingerprint density at radius 2 is 1.90 bits per heavy atom. The van der Waals surface area contributed by atoms with Crippen molar-refractivity contribution in [2.45, 2.75) is 39.4 Å². The van der Waals surface area contributed by atoms with Gasteiger partial charge in [-0.05, 0) is 45.1 Å². The molecule has 8 nitrogen and oxygen atoms in total. The number of hydrogen-bond donors (Lipinski definition) is 2. The first-order chi connectivity index (χ1) is 18.9. The monoisotopic (exact) mass is 533 g/mol. The van der Waals surface area contributed by atoms with Crippen molar-refractivity contribution in [3.05, 3.63) is 54.4 Å². The average Bonchev–Trinajstić information content (AvgIpc) is 3.29. The van der Waals surface area contributed by atoms with Gasteiger partial charge in [-0.3, -0.25) is 0 Å². The van der Waals surface area contributed by atoms with E-state index >= 15 is 4.39 Å². The van der Waals surface area contributed by atoms with Crippen LogP contribution < -0.4 is 20.7 Å². The number of halogens is 1. The molecule has 1 unspecified atom stereocenters. The molecule has 1 aliphatic heterocycles. The minimum absolute atomic E-state index is 0.388. The molecule has 0 fully saturated rings. The van der Waals surface area contributed by atoms with E-state index in [1.807, 2.05) is 77.5 Å². The van der Waals surface area contributed by atoms with Gasteiger partial charge < -0.3 is 30.2 Å². The number of nitrogens with zero attached hydrogens (tertiary/aromatic N) is 5. The van der Waals surface area contributed by atoms with E-state index in [2.05, 4.69) is 24.7 Å². The molecule has 1 atom stereocenters. The van der Waals surface area contributed by atoms with Crippen molar-refractivity contribution in [1.29, 1.82) is 0 Å². The largest absolute Gasteiger partial charge is 0.494 e. The highest BCUT2D eigenvalue weighted by atomic mass is 19.1. The number of nitrogens with two attached hydrogens (primary N) is 1. The predicted octanol–water partition coefficient (Wildman–Crippen LogP) is 6.26. The molecule has 208 valence electrons. The second kappa shape index (κ2) is 12.3. The summed E-state index contributed by atoms with van der Waals surface area (Å²) in [5, 5.41) is 4.27. The molecule has 1 aliphatic rings. The lowest BCUT2D eigenvalue weighted by Crippen LogP contribution is -2.29. The number of aryl methyl sites for hydroxylation is 1. The molecule has 0 amide bonds. The molecule has 0 spiro atoms. The zero-order valence-electron chi connectivity index (χ0n) is 23.8. The highest BCUT2D eigenvalue weighted by molar-refractivity contribution is 5.97. The Kier molecular flexibility index (Phi) is 8.91. The summed E-state index contributed by atoms with van der Waals surface area (Å²) >= 11 is 0. The van der Waals surface area contributed by atoms with Gasteiger partial charge in [0.1, 0.15) is 11.9 Å². The summed E-state index contributed by atoms with van der Waals surface area (Å²) < 4.78 is 23.0. The number of nitrogen functional groups attached to an aromatic ring is 1. The molecular formula is C30H40FN7O. The minimum Gasteiger partial charge on any atom is -0.494 e. The number of ether oxygens (including phenoxy) is 1. The quantitative estimate of drug-likeness (QED) is 0.259. The fraction of sp³-hybridized carbons (Fsp3) is 0.400. The van der Waals surface area contributed by atoms with Gasteiger partial charge in [-0.1, -0.05) is 32.0 Å². The molecule has 0 radical (unpaired) electrons. The molecule has 2 aromatic heterocycles. The lowest BCUT2D eigenvalue weighted by Gasteiger charge is -2.24. The number of fused-ring (bicyclic) bond motifs is 3. The fourth-order valence-electron chi connectivity index (χ4n) is 5.06. The van der Waals surface area contributed by atoms with Gasteiger partial charge in [0.15, 0.2) is 0 Å². The Labute approximate surface area is 230 Å². The van der Waals surface area contributed by atoms with Crippen molar-refractivity contribution >= 4 is 33.9 Å². The van der Waals surface area contributed by atoms with Crippen molar-refractivity contribution in [3.63, 3.8) is 0 Å². The van der Waals surface area contributed by atoms with Crippen LogP contribution in [0.4, 0.5) is 27.4 Å². The third-order valence-corrected chi connectivity index (χ3v) is 6.95. The highest BCUT2D eigenvalue weighted by Crippen LogP contribution is 2.43. The smallest absolute Gasteiger partial charge is 0.227 e. The maximum atomic E-state index is 15.2. The number of likely N-dealkylation sites (N-methyl/N-ethyl adjacent to an activating group) is 2. The van der Waals surface area contributed by atoms with Gasteiger partial charge in [0.05, 0.1) is 35.6 Å². The molecule has 0 bridgehead atoms. The maximum Gasteiger partial charge on any atom is 0.227 e. The fourth-order valence-corrected chi connectivity index (χ4v) is 5.06. The number of benzene rings is 2. The van der Waals surface area contributed by atoms with Gasteiger partial charge in [-0.2, -0.15) is 0 Å². The van der Waals surface area contributed by atoms with Gasteiger partial charge >= 0.3 is 0 Å². The molecule has 5 rings (SSSR count). The molecule has 39 heavy (non-hydrogen) atoms. The number of rotatable bonds is 8. The van der Waals surface area contributed by atoms with Crippen LogP contribution in [0.5, 0.6) is 5.75 Å². The minimum atomic E-state index is -1.03. The molecule has 3 heterocycles. The number of para-hydroxylation sites is 1. The average molecular weight is 534 g/mol. The van der Waals surface area contributed by atoms with Crippen molar-refractivity contribution in [1.82, 2.24) is 19.4 Å². The van der Waals surface area contributed by atoms with Gasteiger partial charge in [0.25, 0.3) is 0 Å². The first-order valence-electron chi connectivity index (χ1n) is 13.6. The Balaban J connectivity index is 0.00000172. The predicted molar refractivity (Wildman–Crippen MR) is 160 cm³/mol. The normalized spacial score (nSPS) is 14.5. The number of aromatic nitrogens is 3. The topological polar surface area (TPSA) is 84.5 Å². The Bertz CT molecular complexity index is 1420. The second-order valence-electron chi connectivity index (χ2n) is 9.77. The molecule has 2 aromatic carbocycles. The zero-order chi connectivity index (χ0) is 28.1. The van der Waals surface area contributed by atoms with Crippen LogP contribution in [-0.2, 0) is 6.54 Å².